The first-order valence-corrected chi connectivity index (χ1v) is 11.2. The highest BCUT2D eigenvalue weighted by atomic mass is 16.5. The largest absolute Gasteiger partial charge is 0.392 e. The summed E-state index contributed by atoms with van der Waals surface area (Å²) in [6, 6.07) is 0.502. The highest BCUT2D eigenvalue weighted by molar-refractivity contribution is 5.39. The van der Waals surface area contributed by atoms with Crippen molar-refractivity contribution in [1.82, 2.24) is 4.90 Å². The molecule has 0 aromatic carbocycles. The molecule has 1 aliphatic heterocycles. The maximum absolute atomic E-state index is 11.5. The molecule has 4 nitrogen and oxygen atoms in total. The molecular weight excluding hydrogens is 338 g/mol. The standard InChI is InChI=1S/C23H35NO3/c1-5-24-11-21(3)7-6-18(27-4)23-16(21)8-14(19(23)24)22-10-13(12(2)20(22)26)15(25)9-17(22)23/h13-20,25-26H,2,5-11H2,1,3-4H3/t13-,14+,15-,16-,17-,18+,19-,20-,21+,22+,23+/m1/s1. The molecule has 6 aliphatic rings. The molecule has 5 aliphatic carbocycles. The van der Waals surface area contributed by atoms with Crippen LogP contribution in [0.4, 0.5) is 0 Å². The lowest BCUT2D eigenvalue weighted by Crippen LogP contribution is -2.68. The third-order valence-corrected chi connectivity index (χ3v) is 10.8. The van der Waals surface area contributed by atoms with Gasteiger partial charge in [-0.3, -0.25) is 4.90 Å². The van der Waals surface area contributed by atoms with Crippen molar-refractivity contribution in [2.24, 2.45) is 39.9 Å². The zero-order chi connectivity index (χ0) is 18.9. The van der Waals surface area contributed by atoms with E-state index in [-0.39, 0.29) is 29.0 Å². The molecule has 0 amide bonds. The van der Waals surface area contributed by atoms with Gasteiger partial charge in [0.05, 0.1) is 18.3 Å². The molecule has 2 spiro atoms. The highest BCUT2D eigenvalue weighted by Gasteiger charge is 2.85. The monoisotopic (exact) mass is 373 g/mol. The first kappa shape index (κ1) is 17.4. The molecule has 0 aromatic rings. The zero-order valence-electron chi connectivity index (χ0n) is 17.0. The molecule has 0 unspecified atom stereocenters. The number of rotatable bonds is 2. The first-order chi connectivity index (χ1) is 12.9. The fourth-order valence-electron chi connectivity index (χ4n) is 10.3. The molecule has 0 radical (unpaired) electrons. The molecule has 6 fully saturated rings. The quantitative estimate of drug-likeness (QED) is 0.730. The number of aliphatic hydroxyl groups excluding tert-OH is 2. The smallest absolute Gasteiger partial charge is 0.0813 e. The van der Waals surface area contributed by atoms with Crippen molar-refractivity contribution in [2.45, 2.75) is 70.3 Å². The number of piperidine rings is 1. The highest BCUT2D eigenvalue weighted by Crippen LogP contribution is 2.83. The Morgan fingerprint density at radius 1 is 1.26 bits per heavy atom. The van der Waals surface area contributed by atoms with Crippen molar-refractivity contribution in [3.05, 3.63) is 12.2 Å². The molecule has 4 heteroatoms. The van der Waals surface area contributed by atoms with Gasteiger partial charge in [-0.15, -0.1) is 0 Å². The van der Waals surface area contributed by atoms with Crippen molar-refractivity contribution < 1.29 is 14.9 Å². The number of nitrogens with zero attached hydrogens (tertiary/aromatic N) is 1. The van der Waals surface area contributed by atoms with Crippen molar-refractivity contribution in [2.75, 3.05) is 20.2 Å². The van der Waals surface area contributed by atoms with Gasteiger partial charge >= 0.3 is 0 Å². The molecular formula is C23H35NO3. The summed E-state index contributed by atoms with van der Waals surface area (Å²) in [7, 11) is 1.90. The van der Waals surface area contributed by atoms with E-state index in [1.54, 1.807) is 0 Å². The maximum Gasteiger partial charge on any atom is 0.0813 e. The Morgan fingerprint density at radius 3 is 2.74 bits per heavy atom. The minimum Gasteiger partial charge on any atom is -0.392 e. The number of methoxy groups -OCH3 is 1. The Balaban J connectivity index is 1.61. The number of hydrogen-bond acceptors (Lipinski definition) is 4. The summed E-state index contributed by atoms with van der Waals surface area (Å²) in [5.74, 6) is 1.65. The van der Waals surface area contributed by atoms with E-state index in [4.69, 9.17) is 4.74 Å². The van der Waals surface area contributed by atoms with Gasteiger partial charge in [-0.2, -0.15) is 0 Å². The van der Waals surface area contributed by atoms with Gasteiger partial charge < -0.3 is 14.9 Å². The van der Waals surface area contributed by atoms with E-state index in [0.717, 1.165) is 31.4 Å². The van der Waals surface area contributed by atoms with E-state index in [2.05, 4.69) is 25.3 Å². The molecule has 5 saturated carbocycles. The van der Waals surface area contributed by atoms with Crippen LogP contribution in [0.3, 0.4) is 0 Å². The van der Waals surface area contributed by atoms with E-state index in [1.165, 1.54) is 19.4 Å². The third-order valence-electron chi connectivity index (χ3n) is 10.8. The van der Waals surface area contributed by atoms with E-state index in [0.29, 0.717) is 29.2 Å². The first-order valence-electron chi connectivity index (χ1n) is 11.2. The molecule has 1 heterocycles. The van der Waals surface area contributed by atoms with Crippen LogP contribution >= 0.6 is 0 Å². The van der Waals surface area contributed by atoms with Gasteiger partial charge in [0.1, 0.15) is 0 Å². The van der Waals surface area contributed by atoms with Crippen LogP contribution in [-0.2, 0) is 4.74 Å². The predicted octanol–water partition coefficient (Wildman–Crippen LogP) is 2.45. The molecule has 1 saturated heterocycles. The van der Waals surface area contributed by atoms with Gasteiger partial charge in [0.15, 0.2) is 0 Å². The average Bonchev–Trinajstić information content (AvgIpc) is 3.16. The summed E-state index contributed by atoms with van der Waals surface area (Å²) < 4.78 is 6.25. The molecule has 150 valence electrons. The molecule has 7 bridgehead atoms. The lowest BCUT2D eigenvalue weighted by atomic mass is 9.43. The molecule has 27 heavy (non-hydrogen) atoms. The summed E-state index contributed by atoms with van der Waals surface area (Å²) in [6.07, 6.45) is 4.86. The molecule has 2 N–H and O–H groups in total. The topological polar surface area (TPSA) is 52.9 Å². The van der Waals surface area contributed by atoms with Gasteiger partial charge in [0.25, 0.3) is 0 Å². The van der Waals surface area contributed by atoms with E-state index in [1.807, 2.05) is 7.11 Å². The number of fused-ring (bicyclic) bond motifs is 1. The van der Waals surface area contributed by atoms with Gasteiger partial charge in [-0.05, 0) is 67.4 Å². The lowest BCUT2D eigenvalue weighted by molar-refractivity contribution is -0.224. The molecule has 11 atom stereocenters. The van der Waals surface area contributed by atoms with E-state index in [9.17, 15) is 10.2 Å². The average molecular weight is 374 g/mol. The van der Waals surface area contributed by atoms with Gasteiger partial charge in [0, 0.05) is 36.4 Å². The fourth-order valence-corrected chi connectivity index (χ4v) is 10.3. The number of ether oxygens (including phenoxy) is 1. The Bertz CT molecular complexity index is 710. The second-order valence-corrected chi connectivity index (χ2v) is 11.1. The van der Waals surface area contributed by atoms with E-state index < -0.39 is 6.10 Å². The van der Waals surface area contributed by atoms with Crippen molar-refractivity contribution in [3.8, 4) is 0 Å². The summed E-state index contributed by atoms with van der Waals surface area (Å²) in [4.78, 5) is 2.75. The number of aliphatic hydroxyl groups is 2. The summed E-state index contributed by atoms with van der Waals surface area (Å²) >= 11 is 0. The summed E-state index contributed by atoms with van der Waals surface area (Å²) in [5, 5.41) is 22.5. The number of hydrogen-bond donors (Lipinski definition) is 2. The van der Waals surface area contributed by atoms with Crippen molar-refractivity contribution in [1.29, 1.82) is 0 Å². The third kappa shape index (κ3) is 1.56. The zero-order valence-corrected chi connectivity index (χ0v) is 17.0. The van der Waals surface area contributed by atoms with Crippen LogP contribution in [0.5, 0.6) is 0 Å². The van der Waals surface area contributed by atoms with Gasteiger partial charge in [-0.25, -0.2) is 0 Å². The Hall–Kier alpha value is -0.420. The van der Waals surface area contributed by atoms with Crippen molar-refractivity contribution >= 4 is 0 Å². The molecule has 6 rings (SSSR count). The second-order valence-electron chi connectivity index (χ2n) is 11.1. The fraction of sp³-hybridized carbons (Fsp3) is 0.913. The van der Waals surface area contributed by atoms with Crippen molar-refractivity contribution in [3.63, 3.8) is 0 Å². The van der Waals surface area contributed by atoms with Crippen LogP contribution in [0.2, 0.25) is 0 Å². The minimum atomic E-state index is -0.444. The number of likely N-dealkylation sites (tertiary alicyclic amines) is 1. The van der Waals surface area contributed by atoms with Gasteiger partial charge in [-0.1, -0.05) is 20.4 Å². The van der Waals surface area contributed by atoms with Crippen LogP contribution in [0, 0.1) is 39.9 Å². The normalized spacial score (nSPS) is 63.5. The Morgan fingerprint density at radius 2 is 2.04 bits per heavy atom. The lowest BCUT2D eigenvalue weighted by Gasteiger charge is -2.66. The summed E-state index contributed by atoms with van der Waals surface area (Å²) in [5.41, 5.74) is 1.28. The SMILES string of the molecule is C=C1[C@H]2C[C@@]3([C@@H]1O)[C@@H](C[C@H]2O)[C@@]12[C@@H](OC)CC[C@@]4(C)CN(CC)[C@@H]1[C@@H]3C[C@H]42. The van der Waals surface area contributed by atoms with Crippen LogP contribution in [0.25, 0.3) is 0 Å². The van der Waals surface area contributed by atoms with Crippen LogP contribution in [0.1, 0.15) is 46.0 Å². The Kier molecular flexibility index (Phi) is 3.23. The van der Waals surface area contributed by atoms with E-state index >= 15 is 0 Å². The maximum atomic E-state index is 11.5. The van der Waals surface area contributed by atoms with Gasteiger partial charge in [0.2, 0.25) is 0 Å². The Labute approximate surface area is 163 Å². The second kappa shape index (κ2) is 5.00. The predicted molar refractivity (Wildman–Crippen MR) is 103 cm³/mol. The summed E-state index contributed by atoms with van der Waals surface area (Å²) in [6.45, 7) is 11.4. The van der Waals surface area contributed by atoms with Crippen LogP contribution in [-0.4, -0.2) is 59.7 Å². The minimum absolute atomic E-state index is 0.0745. The molecule has 0 aromatic heterocycles. The van der Waals surface area contributed by atoms with Crippen LogP contribution < -0.4 is 0 Å². The van der Waals surface area contributed by atoms with Crippen LogP contribution in [0.15, 0.2) is 12.2 Å².